The van der Waals surface area contributed by atoms with Crippen molar-refractivity contribution in [2.24, 2.45) is 0 Å². The SMILES string of the molecule is c1ccc2oc(C3CCC(c4cc5ccccc5o4)CC3)cc2c1. The molecule has 1 aliphatic carbocycles. The minimum absolute atomic E-state index is 0.540. The largest absolute Gasteiger partial charge is 0.461 e. The van der Waals surface area contributed by atoms with Crippen LogP contribution in [0, 0.1) is 0 Å². The van der Waals surface area contributed by atoms with E-state index >= 15 is 0 Å². The lowest BCUT2D eigenvalue weighted by molar-refractivity contribution is 0.328. The molecule has 120 valence electrons. The summed E-state index contributed by atoms with van der Waals surface area (Å²) in [6.45, 7) is 0. The average molecular weight is 316 g/mol. The van der Waals surface area contributed by atoms with Crippen LogP contribution in [0.3, 0.4) is 0 Å². The smallest absolute Gasteiger partial charge is 0.134 e. The molecule has 1 aliphatic rings. The van der Waals surface area contributed by atoms with Crippen LogP contribution in [-0.4, -0.2) is 0 Å². The summed E-state index contributed by atoms with van der Waals surface area (Å²) in [5.74, 6) is 3.38. The van der Waals surface area contributed by atoms with Gasteiger partial charge in [-0.05, 0) is 49.9 Å². The fourth-order valence-corrected chi connectivity index (χ4v) is 4.07. The maximum absolute atomic E-state index is 6.07. The number of hydrogen-bond acceptors (Lipinski definition) is 2. The molecule has 1 saturated carbocycles. The van der Waals surface area contributed by atoms with Gasteiger partial charge in [-0.3, -0.25) is 0 Å². The quantitative estimate of drug-likeness (QED) is 0.415. The van der Waals surface area contributed by atoms with Crippen LogP contribution in [0.4, 0.5) is 0 Å². The number of rotatable bonds is 2. The molecule has 0 radical (unpaired) electrons. The Morgan fingerprint density at radius 2 is 1.00 bits per heavy atom. The first-order valence-corrected chi connectivity index (χ1v) is 8.84. The minimum Gasteiger partial charge on any atom is -0.461 e. The van der Waals surface area contributed by atoms with Crippen LogP contribution in [0.25, 0.3) is 21.9 Å². The van der Waals surface area contributed by atoms with Gasteiger partial charge in [0.1, 0.15) is 22.7 Å². The van der Waals surface area contributed by atoms with Crippen LogP contribution in [0.5, 0.6) is 0 Å². The van der Waals surface area contributed by atoms with E-state index in [1.807, 2.05) is 12.1 Å². The summed E-state index contributed by atoms with van der Waals surface area (Å²) in [7, 11) is 0. The maximum atomic E-state index is 6.07. The first kappa shape index (κ1) is 13.9. The molecule has 2 aromatic heterocycles. The Morgan fingerprint density at radius 3 is 1.42 bits per heavy atom. The molecule has 2 nitrogen and oxygen atoms in total. The Bertz CT molecular complexity index is 835. The van der Waals surface area contributed by atoms with Crippen molar-refractivity contribution in [3.8, 4) is 0 Å². The third-order valence-corrected chi connectivity index (χ3v) is 5.42. The second-order valence-corrected chi connectivity index (χ2v) is 6.92. The van der Waals surface area contributed by atoms with E-state index in [1.165, 1.54) is 36.5 Å². The van der Waals surface area contributed by atoms with Gasteiger partial charge in [0.15, 0.2) is 0 Å². The molecule has 5 rings (SSSR count). The highest BCUT2D eigenvalue weighted by atomic mass is 16.3. The Hall–Kier alpha value is -2.48. The van der Waals surface area contributed by atoms with Crippen LogP contribution in [0.15, 0.2) is 69.5 Å². The standard InChI is InChI=1S/C22H20O2/c1-3-7-19-17(5-1)13-21(23-19)15-9-11-16(12-10-15)22-14-18-6-2-4-8-20(18)24-22/h1-8,13-16H,9-12H2. The Kier molecular flexibility index (Phi) is 3.22. The molecule has 0 aliphatic heterocycles. The van der Waals surface area contributed by atoms with Gasteiger partial charge in [0, 0.05) is 22.6 Å². The number of furan rings is 2. The molecule has 0 N–H and O–H groups in total. The van der Waals surface area contributed by atoms with E-state index in [4.69, 9.17) is 8.83 Å². The average Bonchev–Trinajstić information content (AvgIpc) is 3.25. The molecule has 0 spiro atoms. The lowest BCUT2D eigenvalue weighted by Gasteiger charge is -2.25. The third kappa shape index (κ3) is 2.34. The Balaban J connectivity index is 1.34. The Morgan fingerprint density at radius 1 is 0.583 bits per heavy atom. The predicted octanol–water partition coefficient (Wildman–Crippen LogP) is 6.62. The van der Waals surface area contributed by atoms with E-state index in [1.54, 1.807) is 0 Å². The van der Waals surface area contributed by atoms with Crippen molar-refractivity contribution in [3.05, 3.63) is 72.2 Å². The fourth-order valence-electron chi connectivity index (χ4n) is 4.07. The highest BCUT2D eigenvalue weighted by Crippen LogP contribution is 2.42. The van der Waals surface area contributed by atoms with Gasteiger partial charge >= 0.3 is 0 Å². The number of hydrogen-bond donors (Lipinski definition) is 0. The summed E-state index contributed by atoms with van der Waals surface area (Å²) in [6, 6.07) is 21.0. The van der Waals surface area contributed by atoms with E-state index in [0.717, 1.165) is 22.7 Å². The first-order chi connectivity index (χ1) is 11.9. The van der Waals surface area contributed by atoms with Gasteiger partial charge in [0.25, 0.3) is 0 Å². The number of fused-ring (bicyclic) bond motifs is 2. The van der Waals surface area contributed by atoms with E-state index in [0.29, 0.717) is 11.8 Å². The molecule has 2 aromatic carbocycles. The predicted molar refractivity (Wildman–Crippen MR) is 96.4 cm³/mol. The van der Waals surface area contributed by atoms with E-state index in [-0.39, 0.29) is 0 Å². The zero-order valence-corrected chi connectivity index (χ0v) is 13.6. The highest BCUT2D eigenvalue weighted by Gasteiger charge is 2.27. The van der Waals surface area contributed by atoms with Crippen molar-refractivity contribution in [1.29, 1.82) is 0 Å². The van der Waals surface area contributed by atoms with Gasteiger partial charge in [-0.1, -0.05) is 36.4 Å². The van der Waals surface area contributed by atoms with Gasteiger partial charge in [-0.15, -0.1) is 0 Å². The molecule has 4 aromatic rings. The second kappa shape index (κ2) is 5.55. The molecule has 0 bridgehead atoms. The number of benzene rings is 2. The van der Waals surface area contributed by atoms with Crippen molar-refractivity contribution >= 4 is 21.9 Å². The topological polar surface area (TPSA) is 26.3 Å². The summed E-state index contributed by atoms with van der Waals surface area (Å²) >= 11 is 0. The molecule has 0 atom stereocenters. The van der Waals surface area contributed by atoms with Crippen molar-refractivity contribution in [3.63, 3.8) is 0 Å². The van der Waals surface area contributed by atoms with Crippen LogP contribution >= 0.6 is 0 Å². The molecule has 2 heterocycles. The van der Waals surface area contributed by atoms with Crippen LogP contribution in [0.2, 0.25) is 0 Å². The summed E-state index contributed by atoms with van der Waals surface area (Å²) in [6.07, 6.45) is 4.67. The zero-order chi connectivity index (χ0) is 15.9. The molecule has 0 unspecified atom stereocenters. The van der Waals surface area contributed by atoms with Gasteiger partial charge in [-0.2, -0.15) is 0 Å². The second-order valence-electron chi connectivity index (χ2n) is 6.92. The Labute approximate surface area is 141 Å². The highest BCUT2D eigenvalue weighted by molar-refractivity contribution is 5.78. The van der Waals surface area contributed by atoms with Crippen molar-refractivity contribution in [1.82, 2.24) is 0 Å². The first-order valence-electron chi connectivity index (χ1n) is 8.84. The van der Waals surface area contributed by atoms with E-state index in [2.05, 4.69) is 48.5 Å². The van der Waals surface area contributed by atoms with Crippen LogP contribution in [-0.2, 0) is 0 Å². The van der Waals surface area contributed by atoms with Crippen molar-refractivity contribution < 1.29 is 8.83 Å². The van der Waals surface area contributed by atoms with Crippen molar-refractivity contribution in [2.75, 3.05) is 0 Å². The molecule has 1 fully saturated rings. The molecule has 0 amide bonds. The maximum Gasteiger partial charge on any atom is 0.134 e. The molecule has 24 heavy (non-hydrogen) atoms. The summed E-state index contributed by atoms with van der Waals surface area (Å²) < 4.78 is 12.1. The minimum atomic E-state index is 0.540. The van der Waals surface area contributed by atoms with E-state index < -0.39 is 0 Å². The lowest BCUT2D eigenvalue weighted by Crippen LogP contribution is -2.11. The van der Waals surface area contributed by atoms with Gasteiger partial charge in [0.05, 0.1) is 0 Å². The zero-order valence-electron chi connectivity index (χ0n) is 13.6. The van der Waals surface area contributed by atoms with Gasteiger partial charge < -0.3 is 8.83 Å². The van der Waals surface area contributed by atoms with Crippen LogP contribution in [0.1, 0.15) is 49.0 Å². The molecular weight excluding hydrogens is 296 g/mol. The number of para-hydroxylation sites is 2. The van der Waals surface area contributed by atoms with E-state index in [9.17, 15) is 0 Å². The van der Waals surface area contributed by atoms with Gasteiger partial charge in [-0.25, -0.2) is 0 Å². The fraction of sp³-hybridized carbons (Fsp3) is 0.273. The molecular formula is C22H20O2. The third-order valence-electron chi connectivity index (χ3n) is 5.42. The monoisotopic (exact) mass is 316 g/mol. The lowest BCUT2D eigenvalue weighted by atomic mass is 9.80. The van der Waals surface area contributed by atoms with Crippen LogP contribution < -0.4 is 0 Å². The summed E-state index contributed by atoms with van der Waals surface area (Å²) in [4.78, 5) is 0. The van der Waals surface area contributed by atoms with Gasteiger partial charge in [0.2, 0.25) is 0 Å². The normalized spacial score (nSPS) is 21.5. The van der Waals surface area contributed by atoms with Crippen molar-refractivity contribution in [2.45, 2.75) is 37.5 Å². The molecule has 2 heteroatoms. The summed E-state index contributed by atoms with van der Waals surface area (Å²) in [5.41, 5.74) is 2.01. The summed E-state index contributed by atoms with van der Waals surface area (Å²) in [5, 5.41) is 2.43. The molecule has 0 saturated heterocycles.